The zero-order valence-corrected chi connectivity index (χ0v) is 22.4. The molecule has 0 bridgehead atoms. The highest BCUT2D eigenvalue weighted by molar-refractivity contribution is 6.22. The van der Waals surface area contributed by atoms with Crippen molar-refractivity contribution >= 4 is 32.4 Å². The number of aromatic nitrogens is 6. The zero-order valence-electron chi connectivity index (χ0n) is 22.4. The summed E-state index contributed by atoms with van der Waals surface area (Å²) in [5, 5.41) is 5.86. The summed E-state index contributed by atoms with van der Waals surface area (Å²) in [6.45, 7) is 0. The van der Waals surface area contributed by atoms with E-state index < -0.39 is 0 Å². The summed E-state index contributed by atoms with van der Waals surface area (Å²) in [5.74, 6) is 1.53. The lowest BCUT2D eigenvalue weighted by Crippen LogP contribution is -2.02. The van der Waals surface area contributed by atoms with E-state index in [1.165, 1.54) is 16.2 Å². The van der Waals surface area contributed by atoms with Gasteiger partial charge in [0, 0.05) is 39.7 Å². The molecule has 4 heterocycles. The molecular formula is C36H22N6. The lowest BCUT2D eigenvalue weighted by molar-refractivity contribution is 1.05. The van der Waals surface area contributed by atoms with Gasteiger partial charge in [-0.05, 0) is 47.2 Å². The first-order valence-electron chi connectivity index (χ1n) is 13.7. The maximum absolute atomic E-state index is 5.17. The Morgan fingerprint density at radius 2 is 1.05 bits per heavy atom. The lowest BCUT2D eigenvalue weighted by Gasteiger charge is -2.13. The van der Waals surface area contributed by atoms with E-state index in [0.29, 0.717) is 28.9 Å². The number of fused-ring (bicyclic) bond motifs is 5. The van der Waals surface area contributed by atoms with Crippen LogP contribution < -0.4 is 0 Å². The van der Waals surface area contributed by atoms with E-state index in [0.717, 1.165) is 33.1 Å². The average molecular weight is 539 g/mol. The molecular weight excluding hydrogens is 516 g/mol. The van der Waals surface area contributed by atoms with Crippen molar-refractivity contribution in [2.24, 2.45) is 0 Å². The fourth-order valence-electron chi connectivity index (χ4n) is 5.47. The molecule has 0 radical (unpaired) electrons. The molecule has 0 aliphatic heterocycles. The highest BCUT2D eigenvalue weighted by Gasteiger charge is 2.16. The maximum Gasteiger partial charge on any atom is 0.182 e. The number of benzene rings is 4. The summed E-state index contributed by atoms with van der Waals surface area (Å²) in [5.41, 5.74) is 5.05. The van der Waals surface area contributed by atoms with Crippen molar-refractivity contribution in [3.63, 3.8) is 0 Å². The van der Waals surface area contributed by atoms with Gasteiger partial charge >= 0.3 is 0 Å². The summed E-state index contributed by atoms with van der Waals surface area (Å²) >= 11 is 0. The quantitative estimate of drug-likeness (QED) is 0.210. The smallest absolute Gasteiger partial charge is 0.182 e. The van der Waals surface area contributed by atoms with Crippen LogP contribution in [-0.4, -0.2) is 29.9 Å². The normalized spacial score (nSPS) is 11.3. The third-order valence-corrected chi connectivity index (χ3v) is 7.41. The minimum atomic E-state index is 0.493. The molecule has 0 saturated carbocycles. The number of para-hydroxylation sites is 1. The van der Waals surface area contributed by atoms with Gasteiger partial charge in [-0.15, -0.1) is 0 Å². The number of hydrogen-bond acceptors (Lipinski definition) is 6. The van der Waals surface area contributed by atoms with Crippen molar-refractivity contribution < 1.29 is 0 Å². The second-order valence-corrected chi connectivity index (χ2v) is 10.0. The van der Waals surface area contributed by atoms with Crippen LogP contribution in [-0.2, 0) is 0 Å². The van der Waals surface area contributed by atoms with Gasteiger partial charge in [0.2, 0.25) is 0 Å². The van der Waals surface area contributed by atoms with Crippen LogP contribution in [0, 0.1) is 0 Å². The first kappa shape index (κ1) is 24.0. The Morgan fingerprint density at radius 3 is 1.79 bits per heavy atom. The average Bonchev–Trinajstić information content (AvgIpc) is 3.08. The summed E-state index contributed by atoms with van der Waals surface area (Å²) in [4.78, 5) is 28.6. The van der Waals surface area contributed by atoms with Gasteiger partial charge in [0.15, 0.2) is 17.5 Å². The fraction of sp³-hybridized carbons (Fsp3) is 0. The van der Waals surface area contributed by atoms with E-state index in [1.54, 1.807) is 12.4 Å². The molecule has 0 fully saturated rings. The van der Waals surface area contributed by atoms with Crippen LogP contribution in [0.15, 0.2) is 134 Å². The van der Waals surface area contributed by atoms with E-state index in [-0.39, 0.29) is 0 Å². The molecule has 196 valence electrons. The van der Waals surface area contributed by atoms with E-state index >= 15 is 0 Å². The van der Waals surface area contributed by atoms with Crippen molar-refractivity contribution in [2.45, 2.75) is 0 Å². The molecule has 0 unspecified atom stereocenters. The number of nitrogens with zero attached hydrogens (tertiary/aromatic N) is 6. The van der Waals surface area contributed by atoms with Gasteiger partial charge in [-0.3, -0.25) is 9.97 Å². The predicted octanol–water partition coefficient (Wildman–Crippen LogP) is 8.18. The third-order valence-electron chi connectivity index (χ3n) is 7.41. The van der Waals surface area contributed by atoms with Crippen molar-refractivity contribution in [3.8, 4) is 45.7 Å². The molecule has 0 amide bonds. The standard InChI is InChI=1S/C36H22N6/c1-2-13-26-23(10-1)18-19-28-32(26)27-14-3-4-15-29(27)39-33(28)24-11-9-12-25(22-24)34-40-35(30-16-5-7-20-37-30)42-36(41-34)31-17-6-8-21-38-31/h1-22H. The zero-order chi connectivity index (χ0) is 27.9. The third kappa shape index (κ3) is 4.14. The molecule has 0 saturated heterocycles. The highest BCUT2D eigenvalue weighted by atomic mass is 15.1. The lowest BCUT2D eigenvalue weighted by atomic mass is 9.95. The van der Waals surface area contributed by atoms with E-state index in [1.807, 2.05) is 54.6 Å². The molecule has 0 spiro atoms. The van der Waals surface area contributed by atoms with Gasteiger partial charge in [0.05, 0.1) is 11.2 Å². The van der Waals surface area contributed by atoms with Crippen LogP contribution in [0.5, 0.6) is 0 Å². The fourth-order valence-corrected chi connectivity index (χ4v) is 5.47. The Bertz CT molecular complexity index is 2180. The molecule has 8 rings (SSSR count). The van der Waals surface area contributed by atoms with E-state index in [9.17, 15) is 0 Å². The molecule has 4 aromatic carbocycles. The Hall–Kier alpha value is -5.88. The van der Waals surface area contributed by atoms with Gasteiger partial charge in [0.1, 0.15) is 11.4 Å². The number of pyridine rings is 3. The first-order chi connectivity index (χ1) is 20.8. The molecule has 4 aromatic heterocycles. The van der Waals surface area contributed by atoms with Crippen LogP contribution in [0.1, 0.15) is 0 Å². The van der Waals surface area contributed by atoms with Gasteiger partial charge in [-0.1, -0.05) is 84.9 Å². The second-order valence-electron chi connectivity index (χ2n) is 10.0. The Kier molecular flexibility index (Phi) is 5.67. The van der Waals surface area contributed by atoms with E-state index in [4.69, 9.17) is 19.9 Å². The molecule has 0 aliphatic rings. The summed E-state index contributed by atoms with van der Waals surface area (Å²) in [7, 11) is 0. The van der Waals surface area contributed by atoms with Crippen molar-refractivity contribution in [3.05, 3.63) is 134 Å². The van der Waals surface area contributed by atoms with E-state index in [2.05, 4.69) is 76.7 Å². The molecule has 6 nitrogen and oxygen atoms in total. The molecule has 0 N–H and O–H groups in total. The van der Waals surface area contributed by atoms with Crippen molar-refractivity contribution in [2.75, 3.05) is 0 Å². The van der Waals surface area contributed by atoms with Gasteiger partial charge in [-0.2, -0.15) is 0 Å². The molecule has 42 heavy (non-hydrogen) atoms. The van der Waals surface area contributed by atoms with Crippen LogP contribution >= 0.6 is 0 Å². The Morgan fingerprint density at radius 1 is 0.405 bits per heavy atom. The van der Waals surface area contributed by atoms with Gasteiger partial charge in [-0.25, -0.2) is 19.9 Å². The molecule has 8 aromatic rings. The van der Waals surface area contributed by atoms with Crippen LogP contribution in [0.4, 0.5) is 0 Å². The number of rotatable bonds is 4. The molecule has 0 atom stereocenters. The van der Waals surface area contributed by atoms with Gasteiger partial charge < -0.3 is 0 Å². The van der Waals surface area contributed by atoms with Crippen molar-refractivity contribution in [1.29, 1.82) is 0 Å². The Balaban J connectivity index is 1.35. The molecule has 0 aliphatic carbocycles. The first-order valence-corrected chi connectivity index (χ1v) is 13.7. The van der Waals surface area contributed by atoms with Crippen LogP contribution in [0.2, 0.25) is 0 Å². The van der Waals surface area contributed by atoms with Crippen molar-refractivity contribution in [1.82, 2.24) is 29.9 Å². The minimum absolute atomic E-state index is 0.493. The summed E-state index contributed by atoms with van der Waals surface area (Å²) in [6, 6.07) is 40.8. The predicted molar refractivity (Wildman–Crippen MR) is 167 cm³/mol. The minimum Gasteiger partial charge on any atom is -0.253 e. The highest BCUT2D eigenvalue weighted by Crippen LogP contribution is 2.37. The van der Waals surface area contributed by atoms with Gasteiger partial charge in [0.25, 0.3) is 0 Å². The maximum atomic E-state index is 5.17. The Labute approximate surface area is 241 Å². The number of hydrogen-bond donors (Lipinski definition) is 0. The van der Waals surface area contributed by atoms with Crippen LogP contribution in [0.3, 0.4) is 0 Å². The topological polar surface area (TPSA) is 77.3 Å². The largest absolute Gasteiger partial charge is 0.253 e. The second kappa shape index (κ2) is 9.94. The van der Waals surface area contributed by atoms with Crippen LogP contribution in [0.25, 0.3) is 78.1 Å². The molecule has 6 heteroatoms. The monoisotopic (exact) mass is 538 g/mol. The SMILES string of the molecule is c1ccc(-c2nc(-c3cccc(-c4nc5ccccc5c5c4ccc4ccccc45)c3)nc(-c3ccccn3)n2)nc1. The summed E-state index contributed by atoms with van der Waals surface area (Å²) < 4.78 is 0. The summed E-state index contributed by atoms with van der Waals surface area (Å²) in [6.07, 6.45) is 3.47.